The lowest BCUT2D eigenvalue weighted by Gasteiger charge is -2.12. The zero-order valence-corrected chi connectivity index (χ0v) is 17.2. The average Bonchev–Trinajstić information content (AvgIpc) is 3.22. The Morgan fingerprint density at radius 3 is 2.59 bits per heavy atom. The van der Waals surface area contributed by atoms with E-state index in [2.05, 4.69) is 27.8 Å². The molecule has 0 spiro atoms. The molecule has 1 heterocycles. The fourth-order valence-electron chi connectivity index (χ4n) is 3.06. The van der Waals surface area contributed by atoms with Gasteiger partial charge in [0.25, 0.3) is 0 Å². The topological polar surface area (TPSA) is 74.1 Å². The number of benzene rings is 2. The predicted octanol–water partition coefficient (Wildman–Crippen LogP) is 4.52. The summed E-state index contributed by atoms with van der Waals surface area (Å²) in [7, 11) is 1.63. The van der Waals surface area contributed by atoms with Crippen molar-refractivity contribution in [1.29, 1.82) is 0 Å². The van der Waals surface area contributed by atoms with E-state index in [9.17, 15) is 0 Å². The molecule has 0 aliphatic heterocycles. The van der Waals surface area contributed by atoms with Crippen LogP contribution in [0.15, 0.2) is 48.5 Å². The number of aromatic nitrogens is 4. The number of unbranched alkanes of at least 4 members (excludes halogenated alkanes) is 4. The lowest BCUT2D eigenvalue weighted by atomic mass is 10.1. The van der Waals surface area contributed by atoms with Crippen molar-refractivity contribution in [3.05, 3.63) is 54.1 Å². The Balaban J connectivity index is 1.60. The zero-order chi connectivity index (χ0) is 20.3. The third kappa shape index (κ3) is 6.02. The first-order valence-electron chi connectivity index (χ1n) is 10.2. The fraction of sp³-hybridized carbons (Fsp3) is 0.409. The normalized spacial score (nSPS) is 10.8. The largest absolute Gasteiger partial charge is 0.493 e. The molecule has 0 atom stereocenters. The highest BCUT2D eigenvalue weighted by Crippen LogP contribution is 2.32. The van der Waals surface area contributed by atoms with Crippen molar-refractivity contribution in [2.75, 3.05) is 13.7 Å². The molecule has 0 saturated carbocycles. The molecule has 1 N–H and O–H groups in total. The Hall–Kier alpha value is -2.93. The number of hydrogen-bond donors (Lipinski definition) is 1. The van der Waals surface area contributed by atoms with Crippen molar-refractivity contribution in [3.8, 4) is 23.2 Å². The molecule has 3 rings (SSSR count). The monoisotopic (exact) mass is 395 g/mol. The maximum Gasteiger partial charge on any atom is 0.346 e. The highest BCUT2D eigenvalue weighted by atomic mass is 16.5. The Kier molecular flexibility index (Phi) is 8.01. The molecule has 29 heavy (non-hydrogen) atoms. The highest BCUT2D eigenvalue weighted by molar-refractivity contribution is 5.44. The van der Waals surface area contributed by atoms with Crippen LogP contribution < -0.4 is 14.8 Å². The van der Waals surface area contributed by atoms with Crippen LogP contribution in [0.4, 0.5) is 0 Å². The van der Waals surface area contributed by atoms with Crippen LogP contribution in [-0.4, -0.2) is 33.9 Å². The second kappa shape index (κ2) is 11.2. The Labute approximate surface area is 172 Å². The number of methoxy groups -OCH3 is 1. The van der Waals surface area contributed by atoms with Gasteiger partial charge in [0.1, 0.15) is 0 Å². The van der Waals surface area contributed by atoms with E-state index >= 15 is 0 Å². The Bertz CT molecular complexity index is 867. The average molecular weight is 396 g/mol. The minimum atomic E-state index is 0.285. The number of ether oxygens (including phenoxy) is 2. The summed E-state index contributed by atoms with van der Waals surface area (Å²) in [5.41, 5.74) is 1.97. The smallest absolute Gasteiger partial charge is 0.346 e. The lowest BCUT2D eigenvalue weighted by molar-refractivity contribution is 0.362. The number of hydrogen-bond acceptors (Lipinski definition) is 6. The van der Waals surface area contributed by atoms with Gasteiger partial charge < -0.3 is 14.8 Å². The van der Waals surface area contributed by atoms with Gasteiger partial charge in [-0.25, -0.2) is 0 Å². The lowest BCUT2D eigenvalue weighted by Crippen LogP contribution is -2.14. The third-order valence-electron chi connectivity index (χ3n) is 4.66. The van der Waals surface area contributed by atoms with Crippen molar-refractivity contribution >= 4 is 0 Å². The molecule has 0 radical (unpaired) electrons. The van der Waals surface area contributed by atoms with Gasteiger partial charge in [-0.05, 0) is 53.2 Å². The molecule has 0 unspecified atom stereocenters. The number of rotatable bonds is 12. The van der Waals surface area contributed by atoms with Crippen LogP contribution in [0, 0.1) is 0 Å². The van der Waals surface area contributed by atoms with E-state index in [1.165, 1.54) is 32.1 Å². The molecule has 7 nitrogen and oxygen atoms in total. The maximum absolute atomic E-state index is 5.94. The van der Waals surface area contributed by atoms with E-state index < -0.39 is 0 Å². The van der Waals surface area contributed by atoms with E-state index in [0.29, 0.717) is 11.5 Å². The molecule has 0 fully saturated rings. The van der Waals surface area contributed by atoms with Gasteiger partial charge >= 0.3 is 6.01 Å². The van der Waals surface area contributed by atoms with Crippen molar-refractivity contribution in [2.45, 2.75) is 45.6 Å². The first-order chi connectivity index (χ1) is 14.3. The molecule has 3 aromatic rings. The standard InChI is InChI=1S/C22H29N5O2/c1-3-4-5-6-10-15-23-17-18-13-14-20(21(16-18)28-2)29-22-24-25-26-27(22)19-11-8-7-9-12-19/h7-9,11-14,16,23H,3-6,10,15,17H2,1-2H3. The van der Waals surface area contributed by atoms with Crippen LogP contribution in [0.2, 0.25) is 0 Å². The van der Waals surface area contributed by atoms with E-state index in [1.807, 2.05) is 48.5 Å². The second-order valence-corrected chi connectivity index (χ2v) is 6.89. The number of para-hydroxylation sites is 1. The molecule has 0 bridgehead atoms. The van der Waals surface area contributed by atoms with Gasteiger partial charge in [-0.1, -0.05) is 62.0 Å². The van der Waals surface area contributed by atoms with Crippen LogP contribution in [0.3, 0.4) is 0 Å². The van der Waals surface area contributed by atoms with Crippen LogP contribution in [0.1, 0.15) is 44.6 Å². The summed E-state index contributed by atoms with van der Waals surface area (Å²) in [5, 5.41) is 15.2. The van der Waals surface area contributed by atoms with Gasteiger partial charge in [-0.15, -0.1) is 0 Å². The summed E-state index contributed by atoms with van der Waals surface area (Å²) < 4.78 is 13.0. The molecule has 0 aliphatic rings. The minimum absolute atomic E-state index is 0.285. The first kappa shape index (κ1) is 20.8. The minimum Gasteiger partial charge on any atom is -0.493 e. The molecule has 7 heteroatoms. The summed E-state index contributed by atoms with van der Waals surface area (Å²) >= 11 is 0. The molecule has 154 valence electrons. The summed E-state index contributed by atoms with van der Waals surface area (Å²) in [4.78, 5) is 0. The van der Waals surface area contributed by atoms with Crippen LogP contribution >= 0.6 is 0 Å². The van der Waals surface area contributed by atoms with Crippen LogP contribution in [0.25, 0.3) is 5.69 Å². The van der Waals surface area contributed by atoms with Crippen LogP contribution in [0.5, 0.6) is 17.5 Å². The van der Waals surface area contributed by atoms with E-state index in [1.54, 1.807) is 11.8 Å². The summed E-state index contributed by atoms with van der Waals surface area (Å²) in [6.07, 6.45) is 6.42. The van der Waals surface area contributed by atoms with Gasteiger partial charge in [0.05, 0.1) is 12.8 Å². The molecule has 1 aromatic heterocycles. The van der Waals surface area contributed by atoms with Crippen molar-refractivity contribution in [2.24, 2.45) is 0 Å². The Morgan fingerprint density at radius 1 is 0.966 bits per heavy atom. The second-order valence-electron chi connectivity index (χ2n) is 6.89. The van der Waals surface area contributed by atoms with Gasteiger partial charge in [0.2, 0.25) is 0 Å². The Morgan fingerprint density at radius 2 is 1.79 bits per heavy atom. The SMILES string of the molecule is CCCCCCCNCc1ccc(Oc2nnnn2-c2ccccc2)c(OC)c1. The highest BCUT2D eigenvalue weighted by Gasteiger charge is 2.14. The molecule has 2 aromatic carbocycles. The zero-order valence-electron chi connectivity index (χ0n) is 17.2. The van der Waals surface area contributed by atoms with Crippen molar-refractivity contribution < 1.29 is 9.47 Å². The third-order valence-corrected chi connectivity index (χ3v) is 4.66. The van der Waals surface area contributed by atoms with Gasteiger partial charge in [-0.3, -0.25) is 0 Å². The number of tetrazole rings is 1. The van der Waals surface area contributed by atoms with Gasteiger partial charge in [-0.2, -0.15) is 4.68 Å². The summed E-state index contributed by atoms with van der Waals surface area (Å²) in [5.74, 6) is 1.22. The molecular formula is C22H29N5O2. The predicted molar refractivity (Wildman–Crippen MR) is 113 cm³/mol. The molecule has 0 saturated heterocycles. The molecule has 0 amide bonds. The maximum atomic E-state index is 5.94. The number of nitrogens with one attached hydrogen (secondary N) is 1. The van der Waals surface area contributed by atoms with Crippen molar-refractivity contribution in [3.63, 3.8) is 0 Å². The first-order valence-corrected chi connectivity index (χ1v) is 10.2. The van der Waals surface area contributed by atoms with E-state index in [4.69, 9.17) is 9.47 Å². The molecular weight excluding hydrogens is 366 g/mol. The summed E-state index contributed by atoms with van der Waals surface area (Å²) in [6, 6.07) is 15.8. The quantitative estimate of drug-likeness (QED) is 0.454. The van der Waals surface area contributed by atoms with Crippen LogP contribution in [-0.2, 0) is 6.54 Å². The molecule has 0 aliphatic carbocycles. The number of nitrogens with zero attached hydrogens (tertiary/aromatic N) is 4. The van der Waals surface area contributed by atoms with Crippen molar-refractivity contribution in [1.82, 2.24) is 25.5 Å². The fourth-order valence-corrected chi connectivity index (χ4v) is 3.06. The van der Waals surface area contributed by atoms with Gasteiger partial charge in [0, 0.05) is 6.54 Å². The summed E-state index contributed by atoms with van der Waals surface area (Å²) in [6.45, 7) is 4.06. The van der Waals surface area contributed by atoms with E-state index in [-0.39, 0.29) is 6.01 Å². The van der Waals surface area contributed by atoms with E-state index in [0.717, 1.165) is 24.3 Å². The van der Waals surface area contributed by atoms with Gasteiger partial charge in [0.15, 0.2) is 11.5 Å².